The van der Waals surface area contributed by atoms with Crippen LogP contribution in [0.1, 0.15) is 11.1 Å². The zero-order valence-corrected chi connectivity index (χ0v) is 11.5. The molecule has 3 N–H and O–H groups in total. The number of benzene rings is 2. The smallest absolute Gasteiger partial charge is 0.118 e. The number of thiocarbonyl (C=S) groups is 1. The fourth-order valence-electron chi connectivity index (χ4n) is 1.70. The summed E-state index contributed by atoms with van der Waals surface area (Å²) >= 11 is 4.92. The van der Waals surface area contributed by atoms with E-state index in [0.717, 1.165) is 23.5 Å². The van der Waals surface area contributed by atoms with E-state index < -0.39 is 0 Å². The van der Waals surface area contributed by atoms with E-state index in [9.17, 15) is 0 Å². The Morgan fingerprint density at radius 2 is 1.74 bits per heavy atom. The molecule has 19 heavy (non-hydrogen) atoms. The molecule has 2 aromatic carbocycles. The van der Waals surface area contributed by atoms with Crippen LogP contribution in [0, 0.1) is 0 Å². The van der Waals surface area contributed by atoms with Gasteiger partial charge in [0, 0.05) is 17.8 Å². The second kappa shape index (κ2) is 6.20. The molecule has 0 unspecified atom stereocenters. The average molecular weight is 272 g/mol. The molecule has 0 bridgehead atoms. The fourth-order valence-corrected chi connectivity index (χ4v) is 1.84. The van der Waals surface area contributed by atoms with Gasteiger partial charge in [-0.15, -0.1) is 0 Å². The molecule has 2 aromatic rings. The van der Waals surface area contributed by atoms with Gasteiger partial charge in [0.1, 0.15) is 10.7 Å². The molecule has 0 atom stereocenters. The van der Waals surface area contributed by atoms with Crippen LogP contribution >= 0.6 is 12.2 Å². The second-order valence-electron chi connectivity index (χ2n) is 4.14. The van der Waals surface area contributed by atoms with E-state index in [1.165, 1.54) is 5.56 Å². The third-order valence-electron chi connectivity index (χ3n) is 2.83. The molecule has 4 heteroatoms. The second-order valence-corrected chi connectivity index (χ2v) is 4.58. The highest BCUT2D eigenvalue weighted by Crippen LogP contribution is 2.14. The van der Waals surface area contributed by atoms with Crippen molar-refractivity contribution in [2.24, 2.45) is 5.73 Å². The monoisotopic (exact) mass is 272 g/mol. The van der Waals surface area contributed by atoms with Gasteiger partial charge in [0.25, 0.3) is 0 Å². The Balaban J connectivity index is 1.95. The topological polar surface area (TPSA) is 47.3 Å². The normalized spacial score (nSPS) is 9.95. The zero-order valence-electron chi connectivity index (χ0n) is 10.7. The molecule has 0 amide bonds. The first-order valence-electron chi connectivity index (χ1n) is 5.96. The number of hydrogen-bond donors (Lipinski definition) is 2. The molecule has 0 aliphatic heterocycles. The lowest BCUT2D eigenvalue weighted by Crippen LogP contribution is -2.09. The summed E-state index contributed by atoms with van der Waals surface area (Å²) in [5.74, 6) is 0.865. The van der Waals surface area contributed by atoms with Gasteiger partial charge in [0.2, 0.25) is 0 Å². The van der Waals surface area contributed by atoms with Crippen LogP contribution in [-0.2, 0) is 6.54 Å². The molecule has 0 aliphatic carbocycles. The third kappa shape index (κ3) is 3.69. The summed E-state index contributed by atoms with van der Waals surface area (Å²) in [6, 6.07) is 15.7. The number of nitrogens with two attached hydrogens (primary N) is 1. The first kappa shape index (κ1) is 13.4. The first-order valence-corrected chi connectivity index (χ1v) is 6.36. The SMILES string of the molecule is COc1ccc(CNc2ccc(C(N)=S)cc2)cc1. The number of nitrogens with one attached hydrogen (secondary N) is 1. The molecular weight excluding hydrogens is 256 g/mol. The lowest BCUT2D eigenvalue weighted by Gasteiger charge is -2.08. The highest BCUT2D eigenvalue weighted by atomic mass is 32.1. The van der Waals surface area contributed by atoms with Crippen molar-refractivity contribution in [2.75, 3.05) is 12.4 Å². The maximum Gasteiger partial charge on any atom is 0.118 e. The van der Waals surface area contributed by atoms with Gasteiger partial charge >= 0.3 is 0 Å². The van der Waals surface area contributed by atoms with Crippen molar-refractivity contribution in [3.63, 3.8) is 0 Å². The minimum Gasteiger partial charge on any atom is -0.497 e. The summed E-state index contributed by atoms with van der Waals surface area (Å²) < 4.78 is 5.12. The molecule has 0 fully saturated rings. The Kier molecular flexibility index (Phi) is 4.36. The van der Waals surface area contributed by atoms with Crippen molar-refractivity contribution in [2.45, 2.75) is 6.54 Å². The van der Waals surface area contributed by atoms with Crippen LogP contribution in [0.3, 0.4) is 0 Å². The summed E-state index contributed by atoms with van der Waals surface area (Å²) in [5.41, 5.74) is 8.67. The van der Waals surface area contributed by atoms with Crippen LogP contribution in [0.25, 0.3) is 0 Å². The first-order chi connectivity index (χ1) is 9.19. The van der Waals surface area contributed by atoms with E-state index in [1.807, 2.05) is 48.5 Å². The van der Waals surface area contributed by atoms with E-state index in [1.54, 1.807) is 7.11 Å². The molecule has 0 heterocycles. The number of anilines is 1. The molecule has 3 nitrogen and oxygen atoms in total. The van der Waals surface area contributed by atoms with Crippen LogP contribution < -0.4 is 15.8 Å². The maximum atomic E-state index is 5.56. The van der Waals surface area contributed by atoms with Crippen LogP contribution in [-0.4, -0.2) is 12.1 Å². The molecule has 0 spiro atoms. The third-order valence-corrected chi connectivity index (χ3v) is 3.06. The number of rotatable bonds is 5. The molecule has 98 valence electrons. The Bertz CT molecular complexity index is 549. The molecular formula is C15H16N2OS. The van der Waals surface area contributed by atoms with Crippen LogP contribution in [0.15, 0.2) is 48.5 Å². The summed E-state index contributed by atoms with van der Waals surface area (Å²) in [5, 5.41) is 3.34. The number of hydrogen-bond acceptors (Lipinski definition) is 3. The van der Waals surface area contributed by atoms with Gasteiger partial charge in [-0.05, 0) is 42.0 Å². The van der Waals surface area contributed by atoms with Crippen LogP contribution in [0.4, 0.5) is 5.69 Å². The Morgan fingerprint density at radius 3 is 2.26 bits per heavy atom. The minimum absolute atomic E-state index is 0.418. The summed E-state index contributed by atoms with van der Waals surface area (Å²) in [6.07, 6.45) is 0. The standard InChI is InChI=1S/C15H16N2OS/c1-18-14-8-2-11(3-9-14)10-17-13-6-4-12(5-7-13)15(16)19/h2-9,17H,10H2,1H3,(H2,16,19). The fraction of sp³-hybridized carbons (Fsp3) is 0.133. The Labute approximate surface area is 118 Å². The van der Waals surface area contributed by atoms with Crippen LogP contribution in [0.2, 0.25) is 0 Å². The largest absolute Gasteiger partial charge is 0.497 e. The molecule has 0 radical (unpaired) electrons. The average Bonchev–Trinajstić information content (AvgIpc) is 2.46. The molecule has 0 saturated carbocycles. The quantitative estimate of drug-likeness (QED) is 0.822. The number of ether oxygens (including phenoxy) is 1. The van der Waals surface area contributed by atoms with E-state index in [-0.39, 0.29) is 0 Å². The number of methoxy groups -OCH3 is 1. The lowest BCUT2D eigenvalue weighted by molar-refractivity contribution is 0.414. The van der Waals surface area contributed by atoms with Gasteiger partial charge in [-0.25, -0.2) is 0 Å². The minimum atomic E-state index is 0.418. The lowest BCUT2D eigenvalue weighted by atomic mass is 10.2. The van der Waals surface area contributed by atoms with Gasteiger partial charge in [0.15, 0.2) is 0 Å². The van der Waals surface area contributed by atoms with Crippen molar-refractivity contribution in [3.05, 3.63) is 59.7 Å². The van der Waals surface area contributed by atoms with Gasteiger partial charge in [-0.2, -0.15) is 0 Å². The van der Waals surface area contributed by atoms with E-state index in [0.29, 0.717) is 4.99 Å². The van der Waals surface area contributed by atoms with Crippen molar-refractivity contribution < 1.29 is 4.74 Å². The van der Waals surface area contributed by atoms with Gasteiger partial charge in [-0.3, -0.25) is 0 Å². The van der Waals surface area contributed by atoms with Crippen LogP contribution in [0.5, 0.6) is 5.75 Å². The van der Waals surface area contributed by atoms with Gasteiger partial charge in [0.05, 0.1) is 7.11 Å². The highest BCUT2D eigenvalue weighted by molar-refractivity contribution is 7.80. The van der Waals surface area contributed by atoms with E-state index >= 15 is 0 Å². The van der Waals surface area contributed by atoms with E-state index in [4.69, 9.17) is 22.7 Å². The summed E-state index contributed by atoms with van der Waals surface area (Å²) in [7, 11) is 1.66. The highest BCUT2D eigenvalue weighted by Gasteiger charge is 1.98. The Hall–Kier alpha value is -2.07. The van der Waals surface area contributed by atoms with Gasteiger partial charge < -0.3 is 15.8 Å². The van der Waals surface area contributed by atoms with Crippen molar-refractivity contribution in [3.8, 4) is 5.75 Å². The van der Waals surface area contributed by atoms with Gasteiger partial charge in [-0.1, -0.05) is 24.4 Å². The molecule has 0 aromatic heterocycles. The molecule has 0 saturated heterocycles. The molecule has 0 aliphatic rings. The van der Waals surface area contributed by atoms with Crippen molar-refractivity contribution in [1.82, 2.24) is 0 Å². The van der Waals surface area contributed by atoms with Crippen molar-refractivity contribution >= 4 is 22.9 Å². The van der Waals surface area contributed by atoms with Crippen molar-refractivity contribution in [1.29, 1.82) is 0 Å². The summed E-state index contributed by atoms with van der Waals surface area (Å²) in [4.78, 5) is 0.418. The van der Waals surface area contributed by atoms with E-state index in [2.05, 4.69) is 5.32 Å². The predicted molar refractivity (Wildman–Crippen MR) is 82.7 cm³/mol. The Morgan fingerprint density at radius 1 is 1.11 bits per heavy atom. The maximum absolute atomic E-state index is 5.56. The summed E-state index contributed by atoms with van der Waals surface area (Å²) in [6.45, 7) is 0.760. The predicted octanol–water partition coefficient (Wildman–Crippen LogP) is 2.94. The molecule has 2 rings (SSSR count). The zero-order chi connectivity index (χ0) is 13.7.